The minimum atomic E-state index is -0.132. The van der Waals surface area contributed by atoms with Crippen LogP contribution >= 0.6 is 11.8 Å². The first-order valence-corrected chi connectivity index (χ1v) is 10.4. The van der Waals surface area contributed by atoms with E-state index in [1.165, 1.54) is 0 Å². The number of thioether (sulfide) groups is 1. The van der Waals surface area contributed by atoms with E-state index in [1.54, 1.807) is 0 Å². The van der Waals surface area contributed by atoms with Crippen molar-refractivity contribution in [2.45, 2.75) is 31.9 Å². The van der Waals surface area contributed by atoms with Crippen LogP contribution in [0.1, 0.15) is 25.3 Å². The molecule has 4 heterocycles. The molecule has 7 heteroatoms. The molecule has 0 amide bonds. The van der Waals surface area contributed by atoms with E-state index in [0.29, 0.717) is 0 Å². The predicted octanol–water partition coefficient (Wildman–Crippen LogP) is 4.19. The van der Waals surface area contributed by atoms with E-state index in [1.807, 2.05) is 47.0 Å². The van der Waals surface area contributed by atoms with Crippen molar-refractivity contribution in [3.8, 4) is 0 Å². The van der Waals surface area contributed by atoms with Gasteiger partial charge < -0.3 is 10.2 Å². The fourth-order valence-electron chi connectivity index (χ4n) is 3.74. The van der Waals surface area contributed by atoms with Gasteiger partial charge >= 0.3 is 0 Å². The Balaban J connectivity index is 1.60. The third kappa shape index (κ3) is 2.86. The Morgan fingerprint density at radius 3 is 2.93 bits per heavy atom. The van der Waals surface area contributed by atoms with Crippen molar-refractivity contribution in [3.05, 3.63) is 48.3 Å². The number of oxime groups is 1. The highest BCUT2D eigenvalue weighted by Gasteiger charge is 2.43. The summed E-state index contributed by atoms with van der Waals surface area (Å²) in [5, 5.41) is 13.5. The van der Waals surface area contributed by atoms with Crippen LogP contribution in [0.5, 0.6) is 0 Å². The van der Waals surface area contributed by atoms with Gasteiger partial charge in [0.2, 0.25) is 0 Å². The molecule has 0 saturated carbocycles. The molecule has 5 rings (SSSR count). The van der Waals surface area contributed by atoms with Gasteiger partial charge in [-0.25, -0.2) is 9.67 Å². The molecule has 6 nitrogen and oxygen atoms in total. The zero-order chi connectivity index (χ0) is 18.3. The maximum atomic E-state index is 5.90. The van der Waals surface area contributed by atoms with Gasteiger partial charge in [0.25, 0.3) is 0 Å². The van der Waals surface area contributed by atoms with E-state index in [0.717, 1.165) is 64.6 Å². The van der Waals surface area contributed by atoms with Crippen molar-refractivity contribution in [2.75, 3.05) is 16.8 Å². The number of aromatic nitrogens is 3. The minimum Gasteiger partial charge on any atom is -0.388 e. The lowest BCUT2D eigenvalue weighted by Crippen LogP contribution is -2.28. The zero-order valence-corrected chi connectivity index (χ0v) is 16.0. The fourth-order valence-corrected chi connectivity index (χ4v) is 5.08. The number of fused-ring (bicyclic) bond motifs is 1. The molecule has 1 fully saturated rings. The molecule has 2 aromatic heterocycles. The van der Waals surface area contributed by atoms with Crippen LogP contribution in [-0.4, -0.2) is 37.6 Å². The molecule has 1 atom stereocenters. The number of benzene rings is 1. The highest BCUT2D eigenvalue weighted by molar-refractivity contribution is 7.99. The third-order valence-corrected chi connectivity index (χ3v) is 6.45. The summed E-state index contributed by atoms with van der Waals surface area (Å²) in [6.45, 7) is 2.85. The van der Waals surface area contributed by atoms with Gasteiger partial charge in [-0.3, -0.25) is 0 Å². The molecule has 0 bridgehead atoms. The number of nitrogens with one attached hydrogen (secondary N) is 1. The molecule has 0 radical (unpaired) electrons. The van der Waals surface area contributed by atoms with E-state index < -0.39 is 0 Å². The fraction of sp³-hybridized carbons (Fsp3) is 0.350. The van der Waals surface area contributed by atoms with Crippen LogP contribution in [0.15, 0.2) is 47.9 Å². The average Bonchev–Trinajstić information content (AvgIpc) is 3.44. The number of anilines is 2. The molecular weight excluding hydrogens is 358 g/mol. The second-order valence-electron chi connectivity index (χ2n) is 7.03. The van der Waals surface area contributed by atoms with Crippen LogP contribution in [0, 0.1) is 0 Å². The van der Waals surface area contributed by atoms with E-state index in [-0.39, 0.29) is 5.60 Å². The van der Waals surface area contributed by atoms with E-state index >= 15 is 0 Å². The summed E-state index contributed by atoms with van der Waals surface area (Å²) < 4.78 is 1.91. The number of pyridine rings is 1. The summed E-state index contributed by atoms with van der Waals surface area (Å²) in [5.74, 6) is 2.14. The molecule has 1 saturated heterocycles. The molecule has 3 aromatic rings. The van der Waals surface area contributed by atoms with Crippen molar-refractivity contribution in [3.63, 3.8) is 0 Å². The van der Waals surface area contributed by atoms with E-state index in [4.69, 9.17) is 9.82 Å². The molecule has 1 aromatic carbocycles. The van der Waals surface area contributed by atoms with Crippen LogP contribution < -0.4 is 5.32 Å². The van der Waals surface area contributed by atoms with Crippen LogP contribution in [0.4, 0.5) is 11.4 Å². The molecule has 0 aliphatic carbocycles. The SMILES string of the molecule is CCn1ncc2c(Nc3ccccc3)c(C3=NOC4(CCSC4)C3)cnc21. The molecule has 1 unspecified atom stereocenters. The molecule has 138 valence electrons. The Morgan fingerprint density at radius 1 is 1.26 bits per heavy atom. The summed E-state index contributed by atoms with van der Waals surface area (Å²) >= 11 is 1.94. The van der Waals surface area contributed by atoms with Crippen LogP contribution in [0.2, 0.25) is 0 Å². The maximum Gasteiger partial charge on any atom is 0.159 e. The monoisotopic (exact) mass is 379 g/mol. The maximum absolute atomic E-state index is 5.90. The topological polar surface area (TPSA) is 64.3 Å². The first-order chi connectivity index (χ1) is 13.3. The Hall–Kier alpha value is -2.54. The van der Waals surface area contributed by atoms with Crippen LogP contribution in [0.25, 0.3) is 11.0 Å². The van der Waals surface area contributed by atoms with Gasteiger partial charge in [0.1, 0.15) is 0 Å². The Morgan fingerprint density at radius 2 is 2.15 bits per heavy atom. The quantitative estimate of drug-likeness (QED) is 0.736. The highest BCUT2D eigenvalue weighted by Crippen LogP contribution is 2.41. The van der Waals surface area contributed by atoms with Gasteiger partial charge in [0.05, 0.1) is 23.0 Å². The Bertz CT molecular complexity index is 1010. The van der Waals surface area contributed by atoms with Crippen LogP contribution in [0.3, 0.4) is 0 Å². The zero-order valence-electron chi connectivity index (χ0n) is 15.2. The summed E-state index contributed by atoms with van der Waals surface area (Å²) in [4.78, 5) is 10.6. The molecule has 2 aliphatic rings. The Labute approximate surface area is 162 Å². The predicted molar refractivity (Wildman–Crippen MR) is 110 cm³/mol. The largest absolute Gasteiger partial charge is 0.388 e. The molecule has 27 heavy (non-hydrogen) atoms. The average molecular weight is 379 g/mol. The normalized spacial score (nSPS) is 21.6. The van der Waals surface area contributed by atoms with Crippen molar-refractivity contribution in [1.82, 2.24) is 14.8 Å². The summed E-state index contributed by atoms with van der Waals surface area (Å²) in [5.41, 5.74) is 4.74. The number of aryl methyl sites for hydroxylation is 1. The number of hydrogen-bond donors (Lipinski definition) is 1. The van der Waals surface area contributed by atoms with E-state index in [9.17, 15) is 0 Å². The molecular formula is C20H21N5OS. The highest BCUT2D eigenvalue weighted by atomic mass is 32.2. The van der Waals surface area contributed by atoms with Crippen molar-refractivity contribution in [2.24, 2.45) is 5.16 Å². The van der Waals surface area contributed by atoms with Gasteiger partial charge in [-0.2, -0.15) is 16.9 Å². The first kappa shape index (κ1) is 16.6. The van der Waals surface area contributed by atoms with E-state index in [2.05, 4.69) is 34.6 Å². The molecule has 1 N–H and O–H groups in total. The van der Waals surface area contributed by atoms with Crippen LogP contribution in [-0.2, 0) is 11.4 Å². The lowest BCUT2D eigenvalue weighted by molar-refractivity contribution is 0.00331. The lowest BCUT2D eigenvalue weighted by atomic mass is 9.93. The van der Waals surface area contributed by atoms with Gasteiger partial charge in [0, 0.05) is 42.6 Å². The first-order valence-electron chi connectivity index (χ1n) is 9.28. The third-order valence-electron chi connectivity index (χ3n) is 5.23. The summed E-state index contributed by atoms with van der Waals surface area (Å²) in [6, 6.07) is 10.2. The number of hydrogen-bond acceptors (Lipinski definition) is 6. The summed E-state index contributed by atoms with van der Waals surface area (Å²) in [7, 11) is 0. The van der Waals surface area contributed by atoms with Gasteiger partial charge in [0.15, 0.2) is 11.2 Å². The second kappa shape index (κ2) is 6.56. The smallest absolute Gasteiger partial charge is 0.159 e. The van der Waals surface area contributed by atoms with Gasteiger partial charge in [-0.15, -0.1) is 0 Å². The van der Waals surface area contributed by atoms with Crippen molar-refractivity contribution >= 4 is 39.9 Å². The number of rotatable bonds is 4. The minimum absolute atomic E-state index is 0.132. The van der Waals surface area contributed by atoms with Gasteiger partial charge in [-0.1, -0.05) is 23.4 Å². The number of nitrogens with zero attached hydrogens (tertiary/aromatic N) is 4. The standard InChI is InChI=1S/C20H21N5OS/c1-2-25-19-16(12-22-25)18(23-14-6-4-3-5-7-14)15(11-21-19)17-10-20(26-24-17)8-9-27-13-20/h3-7,11-12H,2,8-10,13H2,1H3,(H,21,23). The molecule has 1 spiro atoms. The van der Waals surface area contributed by atoms with Crippen molar-refractivity contribution in [1.29, 1.82) is 0 Å². The number of para-hydroxylation sites is 1. The van der Waals surface area contributed by atoms with Gasteiger partial charge in [-0.05, 0) is 24.8 Å². The second-order valence-corrected chi connectivity index (χ2v) is 8.13. The Kier molecular flexibility index (Phi) is 4.04. The molecule has 2 aliphatic heterocycles. The lowest BCUT2D eigenvalue weighted by Gasteiger charge is -2.18. The van der Waals surface area contributed by atoms with Crippen molar-refractivity contribution < 1.29 is 4.84 Å². The summed E-state index contributed by atoms with van der Waals surface area (Å²) in [6.07, 6.45) is 5.68.